The lowest BCUT2D eigenvalue weighted by molar-refractivity contribution is -0.929. The van der Waals surface area contributed by atoms with Gasteiger partial charge in [-0.2, -0.15) is 0 Å². The zero-order valence-electron chi connectivity index (χ0n) is 14.1. The Morgan fingerprint density at radius 2 is 1.92 bits per heavy atom. The summed E-state index contributed by atoms with van der Waals surface area (Å²) in [7, 11) is 0. The van der Waals surface area contributed by atoms with E-state index in [1.807, 2.05) is 36.4 Å². The van der Waals surface area contributed by atoms with Gasteiger partial charge in [-0.05, 0) is 37.1 Å². The molecule has 1 saturated heterocycles. The van der Waals surface area contributed by atoms with Crippen molar-refractivity contribution >= 4 is 33.1 Å². The van der Waals surface area contributed by atoms with Crippen LogP contribution in [0.1, 0.15) is 30.3 Å². The van der Waals surface area contributed by atoms with Gasteiger partial charge >= 0.3 is 0 Å². The normalized spacial score (nSPS) is 20.5. The third-order valence-electron chi connectivity index (χ3n) is 4.79. The first-order chi connectivity index (χ1) is 12.3. The number of fused-ring (bicyclic) bond motifs is 1. The predicted octanol–water partition coefficient (Wildman–Crippen LogP) is 3.04. The second-order valence-electron chi connectivity index (χ2n) is 6.57. The van der Waals surface area contributed by atoms with Crippen LogP contribution in [0.25, 0.3) is 10.2 Å². The number of quaternary nitrogens is 1. The van der Waals surface area contributed by atoms with Gasteiger partial charge in [-0.25, -0.2) is 4.98 Å². The molecule has 0 saturated carbocycles. The van der Waals surface area contributed by atoms with Crippen molar-refractivity contribution in [2.45, 2.75) is 25.3 Å². The van der Waals surface area contributed by atoms with Gasteiger partial charge in [0.15, 0.2) is 11.6 Å². The van der Waals surface area contributed by atoms with E-state index in [1.54, 1.807) is 11.3 Å². The first kappa shape index (κ1) is 16.2. The Hall–Kier alpha value is -2.24. The number of likely N-dealkylation sites (tertiary alicyclic amines) is 1. The second kappa shape index (κ2) is 7.33. The number of hydrogen-bond acceptors (Lipinski definition) is 3. The number of carbonyl (C=O) groups excluding carboxylic acids is 1. The lowest BCUT2D eigenvalue weighted by Gasteiger charge is -2.30. The lowest BCUT2D eigenvalue weighted by Crippen LogP contribution is -3.14. The maximum absolute atomic E-state index is 12.5. The van der Waals surface area contributed by atoms with Crippen molar-refractivity contribution in [1.82, 2.24) is 4.98 Å². The molecule has 1 amide bonds. The number of para-hydroxylation sites is 2. The van der Waals surface area contributed by atoms with Crippen LogP contribution in [-0.2, 0) is 4.79 Å². The number of rotatable bonds is 4. The van der Waals surface area contributed by atoms with Crippen LogP contribution in [0, 0.1) is 0 Å². The fourth-order valence-corrected chi connectivity index (χ4v) is 4.72. The van der Waals surface area contributed by atoms with Crippen LogP contribution in [-0.4, -0.2) is 24.0 Å². The van der Waals surface area contributed by atoms with Crippen LogP contribution in [0.15, 0.2) is 54.6 Å². The van der Waals surface area contributed by atoms with Crippen LogP contribution < -0.4 is 10.2 Å². The van der Waals surface area contributed by atoms with E-state index in [9.17, 15) is 4.79 Å². The molecule has 2 aromatic carbocycles. The molecule has 2 atom stereocenters. The van der Waals surface area contributed by atoms with Gasteiger partial charge in [-0.1, -0.05) is 30.3 Å². The van der Waals surface area contributed by atoms with Crippen LogP contribution >= 0.6 is 11.3 Å². The monoisotopic (exact) mass is 352 g/mol. The van der Waals surface area contributed by atoms with E-state index in [4.69, 9.17) is 4.98 Å². The van der Waals surface area contributed by atoms with Gasteiger partial charge < -0.3 is 10.2 Å². The van der Waals surface area contributed by atoms with Gasteiger partial charge in [0.05, 0.1) is 16.8 Å². The Bertz CT molecular complexity index is 829. The molecule has 4 rings (SSSR count). The average Bonchev–Trinajstić information content (AvgIpc) is 3.07. The fourth-order valence-electron chi connectivity index (χ4n) is 3.56. The van der Waals surface area contributed by atoms with Crippen LogP contribution in [0.3, 0.4) is 0 Å². The third-order valence-corrected chi connectivity index (χ3v) is 5.94. The van der Waals surface area contributed by atoms with E-state index >= 15 is 0 Å². The molecule has 1 fully saturated rings. The molecule has 0 spiro atoms. The number of piperidine rings is 1. The summed E-state index contributed by atoms with van der Waals surface area (Å²) in [4.78, 5) is 18.7. The minimum atomic E-state index is 0.0780. The smallest absolute Gasteiger partial charge is 0.279 e. The highest BCUT2D eigenvalue weighted by molar-refractivity contribution is 7.18. The largest absolute Gasteiger partial charge is 0.321 e. The molecular formula is C20H22N3OS+. The molecule has 2 heterocycles. The maximum Gasteiger partial charge on any atom is 0.279 e. The van der Waals surface area contributed by atoms with Crippen molar-refractivity contribution in [3.8, 4) is 0 Å². The molecule has 5 heteroatoms. The Kier molecular flexibility index (Phi) is 4.76. The van der Waals surface area contributed by atoms with Gasteiger partial charge in [0.2, 0.25) is 0 Å². The molecule has 1 unspecified atom stereocenters. The van der Waals surface area contributed by atoms with Crippen LogP contribution in [0.5, 0.6) is 0 Å². The minimum Gasteiger partial charge on any atom is -0.321 e. The molecule has 2 N–H and O–H groups in total. The minimum absolute atomic E-state index is 0.0780. The lowest BCUT2D eigenvalue weighted by atomic mass is 10.0. The highest BCUT2D eigenvalue weighted by Crippen LogP contribution is 2.28. The summed E-state index contributed by atoms with van der Waals surface area (Å²) in [6.45, 7) is 1.53. The summed E-state index contributed by atoms with van der Waals surface area (Å²) < 4.78 is 1.23. The van der Waals surface area contributed by atoms with Gasteiger partial charge in [0.1, 0.15) is 6.04 Å². The molecule has 128 valence electrons. The SMILES string of the molecule is O=C(C[NH+]1CCCC[C@H]1c1nc2ccccc2s1)Nc1ccccc1. The van der Waals surface area contributed by atoms with Crippen molar-refractivity contribution in [2.24, 2.45) is 0 Å². The van der Waals surface area contributed by atoms with E-state index in [0.29, 0.717) is 12.6 Å². The van der Waals surface area contributed by atoms with Crippen molar-refractivity contribution in [3.63, 3.8) is 0 Å². The molecule has 0 radical (unpaired) electrons. The molecule has 25 heavy (non-hydrogen) atoms. The van der Waals surface area contributed by atoms with E-state index in [1.165, 1.54) is 27.4 Å². The second-order valence-corrected chi connectivity index (χ2v) is 7.63. The number of thiazole rings is 1. The topological polar surface area (TPSA) is 46.4 Å². The molecular weight excluding hydrogens is 330 g/mol. The number of aromatic nitrogens is 1. The number of nitrogens with zero attached hydrogens (tertiary/aromatic N) is 1. The number of anilines is 1. The Labute approximate surface area is 151 Å². The van der Waals surface area contributed by atoms with Gasteiger partial charge in [0.25, 0.3) is 5.91 Å². The molecule has 0 bridgehead atoms. The summed E-state index contributed by atoms with van der Waals surface area (Å²) in [5, 5.41) is 4.18. The van der Waals surface area contributed by atoms with E-state index in [-0.39, 0.29) is 5.91 Å². The number of benzene rings is 2. The Balaban J connectivity index is 1.49. The third kappa shape index (κ3) is 3.72. The quantitative estimate of drug-likeness (QED) is 0.758. The zero-order valence-corrected chi connectivity index (χ0v) is 14.9. The molecule has 1 aliphatic heterocycles. The Morgan fingerprint density at radius 1 is 1.12 bits per heavy atom. The average molecular weight is 352 g/mol. The first-order valence-electron chi connectivity index (χ1n) is 8.84. The molecule has 1 aliphatic rings. The molecule has 0 aliphatic carbocycles. The van der Waals surface area contributed by atoms with E-state index in [2.05, 4.69) is 23.5 Å². The first-order valence-corrected chi connectivity index (χ1v) is 9.66. The zero-order chi connectivity index (χ0) is 17.1. The van der Waals surface area contributed by atoms with Crippen molar-refractivity contribution in [1.29, 1.82) is 0 Å². The number of carbonyl (C=O) groups is 1. The Morgan fingerprint density at radius 3 is 2.76 bits per heavy atom. The summed E-state index contributed by atoms with van der Waals surface area (Å²) in [5.74, 6) is 0.0780. The van der Waals surface area contributed by atoms with Gasteiger partial charge in [-0.3, -0.25) is 4.79 Å². The van der Waals surface area contributed by atoms with Crippen LogP contribution in [0.4, 0.5) is 5.69 Å². The molecule has 3 aromatic rings. The highest BCUT2D eigenvalue weighted by Gasteiger charge is 2.31. The predicted molar refractivity (Wildman–Crippen MR) is 102 cm³/mol. The standard InChI is InChI=1S/C20H21N3OS/c24-19(21-15-8-2-1-3-9-15)14-23-13-7-6-11-17(23)20-22-16-10-4-5-12-18(16)25-20/h1-5,8-10,12,17H,6-7,11,13-14H2,(H,21,24)/p+1/t17-/m0/s1. The van der Waals surface area contributed by atoms with Gasteiger partial charge in [-0.15, -0.1) is 11.3 Å². The summed E-state index contributed by atoms with van der Waals surface area (Å²) in [5.41, 5.74) is 1.93. The van der Waals surface area contributed by atoms with Crippen molar-refractivity contribution in [2.75, 3.05) is 18.4 Å². The summed E-state index contributed by atoms with van der Waals surface area (Å²) in [6.07, 6.45) is 3.49. The van der Waals surface area contributed by atoms with Crippen molar-refractivity contribution in [3.05, 3.63) is 59.6 Å². The van der Waals surface area contributed by atoms with Crippen LogP contribution in [0.2, 0.25) is 0 Å². The maximum atomic E-state index is 12.5. The van der Waals surface area contributed by atoms with E-state index in [0.717, 1.165) is 24.2 Å². The number of amides is 1. The van der Waals surface area contributed by atoms with Crippen molar-refractivity contribution < 1.29 is 9.69 Å². The summed E-state index contributed by atoms with van der Waals surface area (Å²) in [6, 6.07) is 18.3. The highest BCUT2D eigenvalue weighted by atomic mass is 32.1. The van der Waals surface area contributed by atoms with E-state index < -0.39 is 0 Å². The molecule has 1 aromatic heterocycles. The summed E-state index contributed by atoms with van der Waals surface area (Å²) >= 11 is 1.77. The molecule has 4 nitrogen and oxygen atoms in total. The number of nitrogens with one attached hydrogen (secondary N) is 2. The fraction of sp³-hybridized carbons (Fsp3) is 0.300. The number of hydrogen-bond donors (Lipinski definition) is 2. The van der Waals surface area contributed by atoms with Gasteiger partial charge in [0, 0.05) is 12.1 Å².